The van der Waals surface area contributed by atoms with Crippen molar-refractivity contribution in [3.8, 4) is 22.4 Å². The fourth-order valence-corrected chi connectivity index (χ4v) is 4.44. The predicted octanol–water partition coefficient (Wildman–Crippen LogP) is 4.64. The second-order valence-electron chi connectivity index (χ2n) is 8.18. The number of ether oxygens (including phenoxy) is 1. The minimum Gasteiger partial charge on any atom is -0.378 e. The quantitative estimate of drug-likeness (QED) is 0.448. The highest BCUT2D eigenvalue weighted by Crippen LogP contribution is 2.34. The molecule has 0 atom stereocenters. The van der Waals surface area contributed by atoms with Crippen molar-refractivity contribution in [3.05, 3.63) is 89.3 Å². The Bertz CT molecular complexity index is 1520. The molecule has 1 aliphatic rings. The summed E-state index contributed by atoms with van der Waals surface area (Å²) in [7, 11) is 0. The van der Waals surface area contributed by atoms with Crippen molar-refractivity contribution in [3.63, 3.8) is 0 Å². The Morgan fingerprint density at radius 2 is 1.70 bits per heavy atom. The van der Waals surface area contributed by atoms with Gasteiger partial charge in [0.05, 0.1) is 24.4 Å². The third-order valence-electron chi connectivity index (χ3n) is 6.12. The van der Waals surface area contributed by atoms with Crippen molar-refractivity contribution in [2.24, 2.45) is 0 Å². The summed E-state index contributed by atoms with van der Waals surface area (Å²) in [4.78, 5) is 27.4. The van der Waals surface area contributed by atoms with Gasteiger partial charge < -0.3 is 14.6 Å². The van der Waals surface area contributed by atoms with Gasteiger partial charge in [-0.1, -0.05) is 42.5 Å². The third kappa shape index (κ3) is 3.64. The van der Waals surface area contributed by atoms with Crippen molar-refractivity contribution in [1.82, 2.24) is 15.0 Å². The number of hydrogen-bond acceptors (Lipinski definition) is 5. The van der Waals surface area contributed by atoms with E-state index >= 15 is 0 Å². The second-order valence-corrected chi connectivity index (χ2v) is 8.18. The number of anilines is 1. The van der Waals surface area contributed by atoms with Crippen LogP contribution in [-0.4, -0.2) is 41.3 Å². The number of pyridine rings is 3. The molecule has 6 nitrogen and oxygen atoms in total. The molecule has 0 unspecified atom stereocenters. The number of nitrogens with one attached hydrogen (secondary N) is 1. The highest BCUT2D eigenvalue weighted by Gasteiger charge is 2.18. The third-order valence-corrected chi connectivity index (χ3v) is 6.12. The van der Waals surface area contributed by atoms with Gasteiger partial charge in [0, 0.05) is 41.2 Å². The number of H-pyrrole nitrogens is 1. The Kier molecular flexibility index (Phi) is 4.85. The summed E-state index contributed by atoms with van der Waals surface area (Å²) in [6.45, 7) is 2.65. The summed E-state index contributed by atoms with van der Waals surface area (Å²) < 4.78 is 5.45. The van der Waals surface area contributed by atoms with E-state index in [1.54, 1.807) is 6.20 Å². The summed E-state index contributed by atoms with van der Waals surface area (Å²) in [5.41, 5.74) is 5.98. The number of fused-ring (bicyclic) bond motifs is 2. The molecule has 1 saturated heterocycles. The van der Waals surface area contributed by atoms with Gasteiger partial charge in [-0.2, -0.15) is 0 Å². The van der Waals surface area contributed by atoms with Crippen molar-refractivity contribution in [1.29, 1.82) is 0 Å². The first-order chi connectivity index (χ1) is 16.3. The Hall–Kier alpha value is -4.03. The Balaban J connectivity index is 1.58. The van der Waals surface area contributed by atoms with Crippen LogP contribution >= 0.6 is 0 Å². The molecule has 1 aliphatic heterocycles. The molecule has 5 aromatic rings. The van der Waals surface area contributed by atoms with Gasteiger partial charge in [-0.05, 0) is 35.9 Å². The molecule has 0 spiro atoms. The minimum atomic E-state index is -0.125. The Morgan fingerprint density at radius 3 is 2.55 bits per heavy atom. The fourth-order valence-electron chi connectivity index (χ4n) is 4.44. The number of aromatic amines is 1. The zero-order valence-electron chi connectivity index (χ0n) is 18.0. The predicted molar refractivity (Wildman–Crippen MR) is 132 cm³/mol. The maximum absolute atomic E-state index is 12.9. The van der Waals surface area contributed by atoms with Crippen molar-refractivity contribution >= 4 is 27.6 Å². The lowest BCUT2D eigenvalue weighted by Crippen LogP contribution is -2.39. The lowest BCUT2D eigenvalue weighted by atomic mass is 9.97. The topological polar surface area (TPSA) is 71.1 Å². The maximum atomic E-state index is 12.9. The van der Waals surface area contributed by atoms with Crippen LogP contribution in [0.25, 0.3) is 44.3 Å². The first-order valence-electron chi connectivity index (χ1n) is 11.1. The molecule has 0 bridgehead atoms. The molecule has 0 radical (unpaired) electrons. The molecule has 33 heavy (non-hydrogen) atoms. The fraction of sp³-hybridized carbons (Fsp3) is 0.148. The second kappa shape index (κ2) is 8.15. The molecule has 162 valence electrons. The van der Waals surface area contributed by atoms with Crippen molar-refractivity contribution in [2.75, 3.05) is 31.2 Å². The summed E-state index contributed by atoms with van der Waals surface area (Å²) in [5.74, 6) is 0. The maximum Gasteiger partial charge on any atom is 0.273 e. The van der Waals surface area contributed by atoms with Gasteiger partial charge in [0.15, 0.2) is 0 Å². The van der Waals surface area contributed by atoms with Crippen LogP contribution < -0.4 is 10.5 Å². The summed E-state index contributed by atoms with van der Waals surface area (Å²) in [5, 5.41) is 1.97. The first-order valence-corrected chi connectivity index (χ1v) is 11.1. The lowest BCUT2D eigenvalue weighted by Gasteiger charge is -2.28. The van der Waals surface area contributed by atoms with Crippen molar-refractivity contribution < 1.29 is 4.74 Å². The molecular formula is C27H22N4O2. The molecular weight excluding hydrogens is 412 g/mol. The number of aromatic nitrogens is 3. The van der Waals surface area contributed by atoms with Gasteiger partial charge in [0.1, 0.15) is 11.3 Å². The van der Waals surface area contributed by atoms with Gasteiger partial charge in [-0.25, -0.2) is 4.98 Å². The van der Waals surface area contributed by atoms with Crippen LogP contribution in [0.1, 0.15) is 0 Å². The van der Waals surface area contributed by atoms with Crippen LogP contribution in [0.2, 0.25) is 0 Å². The zero-order chi connectivity index (χ0) is 22.2. The highest BCUT2D eigenvalue weighted by atomic mass is 16.5. The van der Waals surface area contributed by atoms with Crippen LogP contribution in [0.4, 0.5) is 5.69 Å². The standard InChI is InChI=1S/C27H22N4O2/c32-27-24(31-11-13-33-14-12-31)17-21-16-22(19-8-9-23-20(15-19)7-4-10-28-23)25(29-26(21)30-27)18-5-2-1-3-6-18/h1-10,15-17H,11-14H2,(H,29,30,32). The molecule has 4 heterocycles. The summed E-state index contributed by atoms with van der Waals surface area (Å²) >= 11 is 0. The zero-order valence-corrected chi connectivity index (χ0v) is 18.0. The molecule has 3 aromatic heterocycles. The normalized spacial score (nSPS) is 14.1. The summed E-state index contributed by atoms with van der Waals surface area (Å²) in [6.07, 6.45) is 1.80. The van der Waals surface area contributed by atoms with E-state index in [9.17, 15) is 4.79 Å². The molecule has 2 aromatic carbocycles. The molecule has 6 heteroatoms. The first kappa shape index (κ1) is 19.6. The van der Waals surface area contributed by atoms with E-state index in [-0.39, 0.29) is 5.56 Å². The van der Waals surface area contributed by atoms with Crippen LogP contribution in [0.5, 0.6) is 0 Å². The smallest absolute Gasteiger partial charge is 0.273 e. The largest absolute Gasteiger partial charge is 0.378 e. The van der Waals surface area contributed by atoms with Crippen LogP contribution in [0.3, 0.4) is 0 Å². The average Bonchev–Trinajstić information content (AvgIpc) is 2.88. The van der Waals surface area contributed by atoms with Crippen LogP contribution in [0, 0.1) is 0 Å². The van der Waals surface area contributed by atoms with Gasteiger partial charge in [-0.15, -0.1) is 0 Å². The van der Waals surface area contributed by atoms with E-state index in [0.29, 0.717) is 37.6 Å². The van der Waals surface area contributed by atoms with E-state index < -0.39 is 0 Å². The molecule has 1 fully saturated rings. The Labute approximate surface area is 190 Å². The van der Waals surface area contributed by atoms with Crippen LogP contribution in [-0.2, 0) is 4.74 Å². The van der Waals surface area contributed by atoms with E-state index in [2.05, 4.69) is 39.1 Å². The van der Waals surface area contributed by atoms with E-state index in [1.807, 2.05) is 48.5 Å². The lowest BCUT2D eigenvalue weighted by molar-refractivity contribution is 0.122. The van der Waals surface area contributed by atoms with Gasteiger partial charge >= 0.3 is 0 Å². The molecule has 1 N–H and O–H groups in total. The van der Waals surface area contributed by atoms with Gasteiger partial charge in [-0.3, -0.25) is 9.78 Å². The number of morpholine rings is 1. The van der Waals surface area contributed by atoms with Gasteiger partial charge in [0.25, 0.3) is 5.56 Å². The van der Waals surface area contributed by atoms with Crippen LogP contribution in [0.15, 0.2) is 83.8 Å². The molecule has 0 aliphatic carbocycles. The number of nitrogens with zero attached hydrogens (tertiary/aromatic N) is 3. The van der Waals surface area contributed by atoms with E-state index in [0.717, 1.165) is 38.7 Å². The average molecular weight is 434 g/mol. The monoisotopic (exact) mass is 434 g/mol. The van der Waals surface area contributed by atoms with E-state index in [1.165, 1.54) is 0 Å². The van der Waals surface area contributed by atoms with Gasteiger partial charge in [0.2, 0.25) is 0 Å². The number of rotatable bonds is 3. The molecule has 0 saturated carbocycles. The Morgan fingerprint density at radius 1 is 0.848 bits per heavy atom. The SMILES string of the molecule is O=c1[nH]c2nc(-c3ccccc3)c(-c3ccc4ncccc4c3)cc2cc1N1CCOCC1. The van der Waals surface area contributed by atoms with Crippen molar-refractivity contribution in [2.45, 2.75) is 0 Å². The molecule has 0 amide bonds. The summed E-state index contributed by atoms with van der Waals surface area (Å²) in [6, 6.07) is 24.4. The number of hydrogen-bond donors (Lipinski definition) is 1. The van der Waals surface area contributed by atoms with E-state index in [4.69, 9.17) is 9.72 Å². The highest BCUT2D eigenvalue weighted by molar-refractivity contribution is 5.94. The molecule has 6 rings (SSSR count). The number of benzene rings is 2. The minimum absolute atomic E-state index is 0.125.